The van der Waals surface area contributed by atoms with Crippen LogP contribution in [0.5, 0.6) is 0 Å². The van der Waals surface area contributed by atoms with Gasteiger partial charge in [-0.05, 0) is 32.7 Å². The van der Waals surface area contributed by atoms with Crippen LogP contribution >= 0.6 is 12.4 Å². The van der Waals surface area contributed by atoms with Crippen molar-refractivity contribution in [2.45, 2.75) is 51.1 Å². The van der Waals surface area contributed by atoms with Crippen LogP contribution in [-0.4, -0.2) is 37.1 Å². The molecule has 1 heterocycles. The number of carbonyl (C=O) groups is 2. The number of rotatable bonds is 5. The average molecular weight is 279 g/mol. The first kappa shape index (κ1) is 17.2. The molecule has 106 valence electrons. The molecule has 0 bridgehead atoms. The maximum Gasteiger partial charge on any atom is 0.307 e. The summed E-state index contributed by atoms with van der Waals surface area (Å²) in [4.78, 5) is 23.2. The fourth-order valence-corrected chi connectivity index (χ4v) is 2.21. The van der Waals surface area contributed by atoms with Gasteiger partial charge in [0.15, 0.2) is 0 Å². The Kier molecular flexibility index (Phi) is 7.25. The molecule has 6 heteroatoms. The largest absolute Gasteiger partial charge is 0.469 e. The highest BCUT2D eigenvalue weighted by atomic mass is 35.5. The van der Waals surface area contributed by atoms with Gasteiger partial charge in [0, 0.05) is 6.04 Å². The average Bonchev–Trinajstić information content (AvgIpc) is 2.78. The minimum atomic E-state index is -0.440. The maximum atomic E-state index is 12.2. The molecule has 1 rings (SSSR count). The monoisotopic (exact) mass is 278 g/mol. The van der Waals surface area contributed by atoms with Crippen molar-refractivity contribution in [3.8, 4) is 0 Å². The molecule has 18 heavy (non-hydrogen) atoms. The number of ether oxygens (including phenoxy) is 1. The van der Waals surface area contributed by atoms with Crippen LogP contribution in [0.15, 0.2) is 0 Å². The Morgan fingerprint density at radius 1 is 1.50 bits per heavy atom. The number of esters is 1. The lowest BCUT2D eigenvalue weighted by Crippen LogP contribution is -2.55. The Hall–Kier alpha value is -0.810. The molecular weight excluding hydrogens is 256 g/mol. The number of hydrogen-bond donors (Lipinski definition) is 2. The summed E-state index contributed by atoms with van der Waals surface area (Å²) in [6, 6.07) is -0.194. The van der Waals surface area contributed by atoms with E-state index in [1.165, 1.54) is 7.11 Å². The number of nitrogens with one attached hydrogen (secondary N) is 2. The second kappa shape index (κ2) is 7.59. The molecule has 0 spiro atoms. The number of halogens is 1. The number of amides is 1. The van der Waals surface area contributed by atoms with Crippen LogP contribution < -0.4 is 10.6 Å². The van der Waals surface area contributed by atoms with E-state index in [0.29, 0.717) is 0 Å². The van der Waals surface area contributed by atoms with Crippen LogP contribution in [0, 0.1) is 0 Å². The maximum absolute atomic E-state index is 12.2. The first-order valence-corrected chi connectivity index (χ1v) is 6.17. The van der Waals surface area contributed by atoms with Gasteiger partial charge in [-0.2, -0.15) is 0 Å². The van der Waals surface area contributed by atoms with E-state index in [4.69, 9.17) is 0 Å². The smallest absolute Gasteiger partial charge is 0.307 e. The predicted molar refractivity (Wildman–Crippen MR) is 71.7 cm³/mol. The summed E-state index contributed by atoms with van der Waals surface area (Å²) in [5.74, 6) is -0.309. The highest BCUT2D eigenvalue weighted by molar-refractivity contribution is 5.87. The first-order chi connectivity index (χ1) is 8.04. The lowest BCUT2D eigenvalue weighted by Gasteiger charge is -2.28. The minimum Gasteiger partial charge on any atom is -0.469 e. The molecule has 2 N–H and O–H groups in total. The van der Waals surface area contributed by atoms with Crippen LogP contribution in [0.3, 0.4) is 0 Å². The van der Waals surface area contributed by atoms with Gasteiger partial charge in [-0.1, -0.05) is 6.92 Å². The standard InChI is InChI=1S/C12H22N2O3.ClH/c1-4-12(6-5-7-13-12)11(16)14-9(2)8-10(15)17-3;/h9,13H,4-8H2,1-3H3,(H,14,16);1H. The minimum absolute atomic E-state index is 0. The van der Waals surface area contributed by atoms with Crippen molar-refractivity contribution in [1.29, 1.82) is 0 Å². The van der Waals surface area contributed by atoms with Crippen molar-refractivity contribution in [3.05, 3.63) is 0 Å². The fourth-order valence-electron chi connectivity index (χ4n) is 2.21. The van der Waals surface area contributed by atoms with Gasteiger partial charge in [0.05, 0.1) is 19.1 Å². The van der Waals surface area contributed by atoms with Crippen molar-refractivity contribution in [1.82, 2.24) is 10.6 Å². The Morgan fingerprint density at radius 3 is 2.61 bits per heavy atom. The molecule has 2 unspecified atom stereocenters. The summed E-state index contributed by atoms with van der Waals surface area (Å²) in [6.45, 7) is 4.70. The van der Waals surface area contributed by atoms with Gasteiger partial charge >= 0.3 is 5.97 Å². The quantitative estimate of drug-likeness (QED) is 0.737. The van der Waals surface area contributed by atoms with E-state index in [-0.39, 0.29) is 36.7 Å². The molecule has 5 nitrogen and oxygen atoms in total. The normalized spacial score (nSPS) is 23.9. The van der Waals surface area contributed by atoms with Crippen molar-refractivity contribution in [2.24, 2.45) is 0 Å². The predicted octanol–water partition coefficient (Wildman–Crippen LogP) is 1.01. The summed E-state index contributed by atoms with van der Waals surface area (Å²) < 4.78 is 4.57. The van der Waals surface area contributed by atoms with Crippen molar-refractivity contribution in [2.75, 3.05) is 13.7 Å². The van der Waals surface area contributed by atoms with Crippen LogP contribution in [0.25, 0.3) is 0 Å². The molecule has 0 radical (unpaired) electrons. The highest BCUT2D eigenvalue weighted by Gasteiger charge is 2.39. The summed E-state index contributed by atoms with van der Waals surface area (Å²) in [7, 11) is 1.35. The highest BCUT2D eigenvalue weighted by Crippen LogP contribution is 2.23. The van der Waals surface area contributed by atoms with Gasteiger partial charge in [-0.15, -0.1) is 12.4 Å². The van der Waals surface area contributed by atoms with E-state index in [2.05, 4.69) is 15.4 Å². The molecule has 0 aromatic heterocycles. The molecule has 0 aromatic carbocycles. The van der Waals surface area contributed by atoms with E-state index in [1.54, 1.807) is 0 Å². The van der Waals surface area contributed by atoms with Crippen LogP contribution in [0.1, 0.15) is 39.5 Å². The Bertz CT molecular complexity index is 291. The molecule has 0 aliphatic carbocycles. The summed E-state index contributed by atoms with van der Waals surface area (Å²) >= 11 is 0. The lowest BCUT2D eigenvalue weighted by molar-refractivity contribution is -0.141. The second-order valence-corrected chi connectivity index (χ2v) is 4.62. The second-order valence-electron chi connectivity index (χ2n) is 4.62. The number of carbonyl (C=O) groups excluding carboxylic acids is 2. The van der Waals surface area contributed by atoms with Crippen LogP contribution in [0.4, 0.5) is 0 Å². The van der Waals surface area contributed by atoms with Crippen molar-refractivity contribution >= 4 is 24.3 Å². The van der Waals surface area contributed by atoms with E-state index >= 15 is 0 Å². The molecule has 0 aromatic rings. The Morgan fingerprint density at radius 2 is 2.17 bits per heavy atom. The van der Waals surface area contributed by atoms with Gasteiger partial charge in [0.25, 0.3) is 0 Å². The summed E-state index contributed by atoms with van der Waals surface area (Å²) in [5, 5.41) is 6.14. The third kappa shape index (κ3) is 4.14. The topological polar surface area (TPSA) is 67.4 Å². The molecule has 0 saturated carbocycles. The van der Waals surface area contributed by atoms with Crippen LogP contribution in [0.2, 0.25) is 0 Å². The molecule has 1 aliphatic rings. The summed E-state index contributed by atoms with van der Waals surface area (Å²) in [5.41, 5.74) is -0.440. The van der Waals surface area contributed by atoms with E-state index in [9.17, 15) is 9.59 Å². The zero-order valence-corrected chi connectivity index (χ0v) is 12.1. The third-order valence-electron chi connectivity index (χ3n) is 3.36. The molecule has 1 amide bonds. The van der Waals surface area contributed by atoms with E-state index < -0.39 is 5.54 Å². The fraction of sp³-hybridized carbons (Fsp3) is 0.833. The van der Waals surface area contributed by atoms with Gasteiger partial charge in [0.2, 0.25) is 5.91 Å². The molecule has 2 atom stereocenters. The zero-order valence-electron chi connectivity index (χ0n) is 11.2. The third-order valence-corrected chi connectivity index (χ3v) is 3.36. The molecule has 1 aliphatic heterocycles. The first-order valence-electron chi connectivity index (χ1n) is 6.17. The number of hydrogen-bond acceptors (Lipinski definition) is 4. The van der Waals surface area contributed by atoms with Gasteiger partial charge in [0.1, 0.15) is 0 Å². The molecular formula is C12H23ClN2O3. The van der Waals surface area contributed by atoms with Crippen molar-refractivity contribution < 1.29 is 14.3 Å². The Balaban J connectivity index is 0.00000289. The van der Waals surface area contributed by atoms with E-state index in [1.807, 2.05) is 13.8 Å². The Labute approximate surface area is 114 Å². The lowest BCUT2D eigenvalue weighted by atomic mass is 9.92. The van der Waals surface area contributed by atoms with Gasteiger partial charge < -0.3 is 15.4 Å². The van der Waals surface area contributed by atoms with Gasteiger partial charge in [-0.25, -0.2) is 0 Å². The SMILES string of the molecule is CCC1(C(=O)NC(C)CC(=O)OC)CCCN1.Cl. The molecule has 1 saturated heterocycles. The van der Waals surface area contributed by atoms with Crippen molar-refractivity contribution in [3.63, 3.8) is 0 Å². The van der Waals surface area contributed by atoms with E-state index in [0.717, 1.165) is 25.8 Å². The van der Waals surface area contributed by atoms with Crippen LogP contribution in [-0.2, 0) is 14.3 Å². The molecule has 1 fully saturated rings. The zero-order chi connectivity index (χ0) is 12.9. The summed E-state index contributed by atoms with van der Waals surface area (Å²) in [6.07, 6.45) is 2.86. The van der Waals surface area contributed by atoms with Gasteiger partial charge in [-0.3, -0.25) is 9.59 Å². The number of methoxy groups -OCH3 is 1.